The molecule has 3 rings (SSSR count). The molecule has 1 saturated heterocycles. The molecule has 104 valence electrons. The number of aromatic hydroxyl groups is 3. The molecular weight excluding hydrogens is 244 g/mol. The number of piperazine rings is 1. The van der Waals surface area contributed by atoms with Crippen molar-refractivity contribution in [3.8, 4) is 17.2 Å². The summed E-state index contributed by atoms with van der Waals surface area (Å²) in [7, 11) is 0. The van der Waals surface area contributed by atoms with Crippen LogP contribution in [0.1, 0.15) is 24.4 Å². The topological polar surface area (TPSA) is 76.0 Å². The van der Waals surface area contributed by atoms with Gasteiger partial charge in [0.05, 0.1) is 5.56 Å². The summed E-state index contributed by atoms with van der Waals surface area (Å²) in [6.07, 6.45) is 2.27. The first-order valence-corrected chi connectivity index (χ1v) is 6.86. The Morgan fingerprint density at radius 2 is 1.63 bits per heavy atom. The van der Waals surface area contributed by atoms with E-state index in [0.717, 1.165) is 39.0 Å². The van der Waals surface area contributed by atoms with Crippen LogP contribution >= 0.6 is 0 Å². The van der Waals surface area contributed by atoms with Crippen molar-refractivity contribution in [2.75, 3.05) is 26.2 Å². The van der Waals surface area contributed by atoms with E-state index < -0.39 is 0 Å². The number of hydrogen-bond donors (Lipinski definition) is 4. The van der Waals surface area contributed by atoms with Crippen LogP contribution in [-0.4, -0.2) is 46.4 Å². The normalized spacial score (nSPS) is 22.3. The number of rotatable bonds is 3. The predicted molar refractivity (Wildman–Crippen MR) is 71.3 cm³/mol. The third-order valence-electron chi connectivity index (χ3n) is 4.03. The second-order valence-corrected chi connectivity index (χ2v) is 5.47. The van der Waals surface area contributed by atoms with Crippen molar-refractivity contribution in [3.63, 3.8) is 0 Å². The van der Waals surface area contributed by atoms with Crippen LogP contribution in [0.15, 0.2) is 12.1 Å². The molecule has 1 aromatic rings. The highest BCUT2D eigenvalue weighted by molar-refractivity contribution is 5.51. The number of phenolic OH excluding ortho intramolecular Hbond substituents is 3. The second-order valence-electron chi connectivity index (χ2n) is 5.47. The molecule has 0 spiro atoms. The summed E-state index contributed by atoms with van der Waals surface area (Å²) in [6.45, 7) is 3.70. The molecule has 1 aliphatic carbocycles. The Bertz CT molecular complexity index is 445. The second kappa shape index (κ2) is 4.90. The Balaban J connectivity index is 1.95. The molecule has 1 aliphatic heterocycles. The Labute approximate surface area is 112 Å². The van der Waals surface area contributed by atoms with E-state index in [0.29, 0.717) is 11.5 Å². The number of hydrogen-bond acceptors (Lipinski definition) is 5. The lowest BCUT2D eigenvalue weighted by molar-refractivity contribution is 0.151. The van der Waals surface area contributed by atoms with Crippen LogP contribution in [0.4, 0.5) is 0 Å². The molecule has 19 heavy (non-hydrogen) atoms. The molecule has 1 aromatic carbocycles. The van der Waals surface area contributed by atoms with E-state index in [1.54, 1.807) is 0 Å². The van der Waals surface area contributed by atoms with Crippen LogP contribution in [0.5, 0.6) is 17.2 Å². The minimum Gasteiger partial charge on any atom is -0.508 e. The Kier molecular flexibility index (Phi) is 3.24. The van der Waals surface area contributed by atoms with E-state index in [9.17, 15) is 15.3 Å². The first kappa shape index (κ1) is 12.6. The van der Waals surface area contributed by atoms with E-state index in [4.69, 9.17) is 0 Å². The summed E-state index contributed by atoms with van der Waals surface area (Å²) < 4.78 is 0. The van der Waals surface area contributed by atoms with Crippen molar-refractivity contribution < 1.29 is 15.3 Å². The lowest BCUT2D eigenvalue weighted by Gasteiger charge is -2.36. The molecule has 0 amide bonds. The molecule has 5 nitrogen and oxygen atoms in total. The van der Waals surface area contributed by atoms with Crippen molar-refractivity contribution in [3.05, 3.63) is 17.7 Å². The quantitative estimate of drug-likeness (QED) is 0.659. The van der Waals surface area contributed by atoms with Crippen molar-refractivity contribution in [1.82, 2.24) is 10.2 Å². The molecule has 2 aliphatic rings. The Hall–Kier alpha value is -1.46. The van der Waals surface area contributed by atoms with Gasteiger partial charge in [-0.15, -0.1) is 0 Å². The fraction of sp³-hybridized carbons (Fsp3) is 0.571. The first-order valence-electron chi connectivity index (χ1n) is 6.86. The molecule has 2 fully saturated rings. The molecule has 0 bridgehead atoms. The summed E-state index contributed by atoms with van der Waals surface area (Å²) in [4.78, 5) is 2.32. The van der Waals surface area contributed by atoms with Gasteiger partial charge < -0.3 is 20.6 Å². The fourth-order valence-corrected chi connectivity index (χ4v) is 3.00. The van der Waals surface area contributed by atoms with E-state index in [-0.39, 0.29) is 23.3 Å². The van der Waals surface area contributed by atoms with E-state index in [1.165, 1.54) is 12.1 Å². The number of nitrogens with one attached hydrogen (secondary N) is 1. The average Bonchev–Trinajstić information content (AvgIpc) is 3.18. The highest BCUT2D eigenvalue weighted by atomic mass is 16.3. The maximum atomic E-state index is 10.1. The van der Waals surface area contributed by atoms with Crippen molar-refractivity contribution in [2.24, 2.45) is 5.92 Å². The first-order chi connectivity index (χ1) is 9.16. The maximum Gasteiger partial charge on any atom is 0.127 e. The van der Waals surface area contributed by atoms with E-state index >= 15 is 0 Å². The van der Waals surface area contributed by atoms with Gasteiger partial charge in [0, 0.05) is 44.4 Å². The number of phenols is 3. The summed E-state index contributed by atoms with van der Waals surface area (Å²) in [6, 6.07) is 2.68. The van der Waals surface area contributed by atoms with Gasteiger partial charge in [0.15, 0.2) is 0 Å². The molecular formula is C14H20N2O3. The largest absolute Gasteiger partial charge is 0.508 e. The fourth-order valence-electron chi connectivity index (χ4n) is 3.00. The average molecular weight is 264 g/mol. The smallest absolute Gasteiger partial charge is 0.127 e. The highest BCUT2D eigenvalue weighted by Crippen LogP contribution is 2.50. The molecule has 1 saturated carbocycles. The van der Waals surface area contributed by atoms with Gasteiger partial charge in [-0.05, 0) is 18.8 Å². The molecule has 0 aromatic heterocycles. The summed E-state index contributed by atoms with van der Waals surface area (Å²) in [5.74, 6) is 0.383. The Morgan fingerprint density at radius 3 is 2.16 bits per heavy atom. The van der Waals surface area contributed by atoms with Crippen LogP contribution in [0.2, 0.25) is 0 Å². The SMILES string of the molecule is Oc1cc(O)c([C@@H](C2CC2)N2CCNCC2)c(O)c1. The lowest BCUT2D eigenvalue weighted by Crippen LogP contribution is -2.45. The molecule has 4 N–H and O–H groups in total. The van der Waals surface area contributed by atoms with E-state index in [2.05, 4.69) is 10.2 Å². The third-order valence-corrected chi connectivity index (χ3v) is 4.03. The molecule has 1 atom stereocenters. The third kappa shape index (κ3) is 2.48. The number of benzene rings is 1. The minimum atomic E-state index is -0.103. The zero-order chi connectivity index (χ0) is 13.4. The van der Waals surface area contributed by atoms with Crippen molar-refractivity contribution >= 4 is 0 Å². The van der Waals surface area contributed by atoms with Gasteiger partial charge >= 0.3 is 0 Å². The minimum absolute atomic E-state index is 0.00654. The monoisotopic (exact) mass is 264 g/mol. The Morgan fingerprint density at radius 1 is 1.05 bits per heavy atom. The van der Waals surface area contributed by atoms with Crippen LogP contribution in [0.25, 0.3) is 0 Å². The highest BCUT2D eigenvalue weighted by Gasteiger charge is 2.39. The van der Waals surface area contributed by atoms with Crippen LogP contribution in [-0.2, 0) is 0 Å². The van der Waals surface area contributed by atoms with Crippen molar-refractivity contribution in [2.45, 2.75) is 18.9 Å². The molecule has 5 heteroatoms. The van der Waals surface area contributed by atoms with Gasteiger partial charge in [-0.1, -0.05) is 0 Å². The number of nitrogens with zero attached hydrogens (tertiary/aromatic N) is 1. The summed E-state index contributed by atoms with van der Waals surface area (Å²) in [5.41, 5.74) is 0.571. The molecule has 0 radical (unpaired) electrons. The molecule has 1 heterocycles. The van der Waals surface area contributed by atoms with Gasteiger partial charge in [0.2, 0.25) is 0 Å². The van der Waals surface area contributed by atoms with Crippen molar-refractivity contribution in [1.29, 1.82) is 0 Å². The zero-order valence-electron chi connectivity index (χ0n) is 10.8. The van der Waals surface area contributed by atoms with Gasteiger partial charge in [-0.3, -0.25) is 4.90 Å². The lowest BCUT2D eigenvalue weighted by atomic mass is 9.97. The van der Waals surface area contributed by atoms with Gasteiger partial charge in [0.25, 0.3) is 0 Å². The van der Waals surface area contributed by atoms with Crippen LogP contribution < -0.4 is 5.32 Å². The van der Waals surface area contributed by atoms with Gasteiger partial charge in [0.1, 0.15) is 17.2 Å². The van der Waals surface area contributed by atoms with Crippen LogP contribution in [0.3, 0.4) is 0 Å². The zero-order valence-corrected chi connectivity index (χ0v) is 10.8. The van der Waals surface area contributed by atoms with Crippen LogP contribution in [0, 0.1) is 5.92 Å². The maximum absolute atomic E-state index is 10.1. The summed E-state index contributed by atoms with van der Waals surface area (Å²) >= 11 is 0. The van der Waals surface area contributed by atoms with E-state index in [1.807, 2.05) is 0 Å². The molecule has 0 unspecified atom stereocenters. The predicted octanol–water partition coefficient (Wildman–Crippen LogP) is 1.16. The summed E-state index contributed by atoms with van der Waals surface area (Å²) in [5, 5.41) is 32.9. The standard InChI is InChI=1S/C14H20N2O3/c17-10-7-11(18)13(12(19)8-10)14(9-1-2-9)16-5-3-15-4-6-16/h7-9,14-15,17-19H,1-6H2/t14-/m1/s1. The van der Waals surface area contributed by atoms with Gasteiger partial charge in [-0.25, -0.2) is 0 Å². The van der Waals surface area contributed by atoms with Gasteiger partial charge in [-0.2, -0.15) is 0 Å².